The van der Waals surface area contributed by atoms with Gasteiger partial charge in [0.1, 0.15) is 0 Å². The Morgan fingerprint density at radius 1 is 1.19 bits per heavy atom. The van der Waals surface area contributed by atoms with Crippen molar-refractivity contribution >= 4 is 28.2 Å². The van der Waals surface area contributed by atoms with Crippen molar-refractivity contribution in [2.45, 2.75) is 25.5 Å². The van der Waals surface area contributed by atoms with Crippen molar-refractivity contribution < 1.29 is 4.74 Å². The molecule has 1 aromatic carbocycles. The minimum atomic E-state index is -0.0686. The zero-order chi connectivity index (χ0) is 18.4. The van der Waals surface area contributed by atoms with Crippen LogP contribution in [0.25, 0.3) is 27.7 Å². The summed E-state index contributed by atoms with van der Waals surface area (Å²) in [5.41, 5.74) is 3.26. The van der Waals surface area contributed by atoms with Crippen molar-refractivity contribution in [2.75, 3.05) is 6.61 Å². The lowest BCUT2D eigenvalue weighted by atomic mass is 10.1. The van der Waals surface area contributed by atoms with E-state index in [1.807, 2.05) is 36.5 Å². The zero-order valence-electron chi connectivity index (χ0n) is 14.5. The van der Waals surface area contributed by atoms with E-state index in [-0.39, 0.29) is 11.7 Å². The van der Waals surface area contributed by atoms with Crippen molar-refractivity contribution in [3.63, 3.8) is 0 Å². The number of ether oxygens (including phenoxy) is 1. The molecule has 136 valence electrons. The molecule has 4 heterocycles. The molecule has 1 atom stereocenters. The molecule has 0 unspecified atom stereocenters. The van der Waals surface area contributed by atoms with E-state index in [9.17, 15) is 4.79 Å². The van der Waals surface area contributed by atoms with Gasteiger partial charge in [0.2, 0.25) is 0 Å². The van der Waals surface area contributed by atoms with Crippen molar-refractivity contribution in [3.05, 3.63) is 64.3 Å². The van der Waals surface area contributed by atoms with Gasteiger partial charge in [-0.15, -0.1) is 0 Å². The van der Waals surface area contributed by atoms with Gasteiger partial charge < -0.3 is 9.30 Å². The van der Waals surface area contributed by atoms with Crippen LogP contribution in [0.4, 0.5) is 0 Å². The van der Waals surface area contributed by atoms with Gasteiger partial charge in [-0.05, 0) is 36.6 Å². The fourth-order valence-corrected chi connectivity index (χ4v) is 3.77. The molecule has 3 aromatic heterocycles. The molecule has 0 saturated carbocycles. The second kappa shape index (κ2) is 6.48. The fourth-order valence-electron chi connectivity index (χ4n) is 3.64. The number of pyridine rings is 1. The van der Waals surface area contributed by atoms with E-state index < -0.39 is 0 Å². The molecule has 0 spiro atoms. The molecule has 0 N–H and O–H groups in total. The third kappa shape index (κ3) is 2.81. The summed E-state index contributed by atoms with van der Waals surface area (Å²) in [5, 5.41) is 5.70. The molecule has 5 rings (SSSR count). The molecule has 0 bridgehead atoms. The zero-order valence-corrected chi connectivity index (χ0v) is 15.3. The number of hydrogen-bond acceptors (Lipinski definition) is 4. The Labute approximate surface area is 160 Å². The molecular formula is C20H17ClN4O2. The fraction of sp³-hybridized carbons (Fsp3) is 0.250. The van der Waals surface area contributed by atoms with E-state index in [2.05, 4.69) is 10.1 Å². The van der Waals surface area contributed by atoms with Crippen LogP contribution in [0.5, 0.6) is 0 Å². The maximum Gasteiger partial charge on any atom is 0.261 e. The van der Waals surface area contributed by atoms with E-state index in [1.165, 1.54) is 0 Å². The van der Waals surface area contributed by atoms with Gasteiger partial charge in [0.15, 0.2) is 5.65 Å². The normalized spacial score (nSPS) is 17.1. The molecule has 0 aliphatic carbocycles. The smallest absolute Gasteiger partial charge is 0.261 e. The van der Waals surface area contributed by atoms with Crippen molar-refractivity contribution in [3.8, 4) is 11.1 Å². The van der Waals surface area contributed by atoms with Crippen molar-refractivity contribution in [2.24, 2.45) is 0 Å². The quantitative estimate of drug-likeness (QED) is 0.545. The van der Waals surface area contributed by atoms with Crippen LogP contribution in [-0.4, -0.2) is 31.9 Å². The van der Waals surface area contributed by atoms with Crippen LogP contribution in [-0.2, 0) is 11.3 Å². The number of halogens is 1. The molecule has 0 radical (unpaired) electrons. The summed E-state index contributed by atoms with van der Waals surface area (Å²) in [5.74, 6) is 0. The molecule has 7 heteroatoms. The van der Waals surface area contributed by atoms with Crippen molar-refractivity contribution in [1.29, 1.82) is 0 Å². The summed E-state index contributed by atoms with van der Waals surface area (Å²) in [6.07, 6.45) is 7.37. The first-order valence-corrected chi connectivity index (χ1v) is 9.32. The maximum absolute atomic E-state index is 12.9. The largest absolute Gasteiger partial charge is 0.376 e. The number of aromatic nitrogens is 4. The number of nitrogens with zero attached hydrogens (tertiary/aromatic N) is 4. The van der Waals surface area contributed by atoms with Gasteiger partial charge in [-0.25, -0.2) is 9.50 Å². The highest BCUT2D eigenvalue weighted by Gasteiger charge is 2.18. The Kier molecular flexibility index (Phi) is 3.95. The summed E-state index contributed by atoms with van der Waals surface area (Å²) in [4.78, 5) is 17.4. The van der Waals surface area contributed by atoms with E-state index in [0.717, 1.165) is 36.1 Å². The summed E-state index contributed by atoms with van der Waals surface area (Å²) in [6, 6.07) is 9.46. The van der Waals surface area contributed by atoms with E-state index >= 15 is 0 Å². The average molecular weight is 381 g/mol. The number of hydrogen-bond donors (Lipinski definition) is 0. The van der Waals surface area contributed by atoms with Crippen LogP contribution in [0.1, 0.15) is 12.8 Å². The van der Waals surface area contributed by atoms with Crippen LogP contribution in [0.15, 0.2) is 53.7 Å². The SMILES string of the molecule is O=c1c2cnc3c(-c4ccc(Cl)cc4)cnn3c2ccn1C[C@H]1CCCO1. The molecule has 0 amide bonds. The maximum atomic E-state index is 12.9. The van der Waals surface area contributed by atoms with Gasteiger partial charge in [-0.1, -0.05) is 23.7 Å². The third-order valence-corrected chi connectivity index (χ3v) is 5.30. The van der Waals surface area contributed by atoms with E-state index in [1.54, 1.807) is 21.5 Å². The highest BCUT2D eigenvalue weighted by atomic mass is 35.5. The Hall–Kier alpha value is -2.70. The van der Waals surface area contributed by atoms with Crippen LogP contribution in [0, 0.1) is 0 Å². The number of rotatable bonds is 3. The Bertz CT molecular complexity index is 1190. The van der Waals surface area contributed by atoms with E-state index in [4.69, 9.17) is 16.3 Å². The van der Waals surface area contributed by atoms with Crippen LogP contribution in [0.3, 0.4) is 0 Å². The summed E-state index contributed by atoms with van der Waals surface area (Å²) < 4.78 is 9.08. The van der Waals surface area contributed by atoms with Gasteiger partial charge in [-0.3, -0.25) is 4.79 Å². The summed E-state index contributed by atoms with van der Waals surface area (Å²) in [7, 11) is 0. The molecule has 6 nitrogen and oxygen atoms in total. The van der Waals surface area contributed by atoms with Crippen LogP contribution in [0.2, 0.25) is 5.02 Å². The van der Waals surface area contributed by atoms with Gasteiger partial charge >= 0.3 is 0 Å². The predicted molar refractivity (Wildman–Crippen MR) is 104 cm³/mol. The van der Waals surface area contributed by atoms with Crippen LogP contribution < -0.4 is 5.56 Å². The topological polar surface area (TPSA) is 61.4 Å². The van der Waals surface area contributed by atoms with Crippen molar-refractivity contribution in [1.82, 2.24) is 19.2 Å². The second-order valence-electron chi connectivity index (χ2n) is 6.77. The lowest BCUT2D eigenvalue weighted by Crippen LogP contribution is -2.26. The molecule has 4 aromatic rings. The Morgan fingerprint density at radius 2 is 2.04 bits per heavy atom. The van der Waals surface area contributed by atoms with Gasteiger partial charge in [0, 0.05) is 29.6 Å². The molecule has 1 saturated heterocycles. The predicted octanol–water partition coefficient (Wildman–Crippen LogP) is 3.54. The lowest BCUT2D eigenvalue weighted by Gasteiger charge is -2.12. The minimum absolute atomic E-state index is 0.0686. The number of fused-ring (bicyclic) bond motifs is 3. The van der Waals surface area contributed by atoms with Crippen LogP contribution >= 0.6 is 11.6 Å². The monoisotopic (exact) mass is 380 g/mol. The summed E-state index contributed by atoms with van der Waals surface area (Å²) in [6.45, 7) is 1.35. The first-order chi connectivity index (χ1) is 13.2. The third-order valence-electron chi connectivity index (χ3n) is 5.05. The standard InChI is InChI=1S/C20H17ClN4O2/c21-14-5-3-13(4-6-14)16-11-23-25-18-7-8-24(12-15-2-1-9-27-15)20(26)17(18)10-22-19(16)25/h3-8,10-11,15H,1-2,9,12H2/t15-/m1/s1. The molecule has 1 aliphatic rings. The van der Waals surface area contributed by atoms with Gasteiger partial charge in [0.05, 0.1) is 29.7 Å². The first kappa shape index (κ1) is 16.5. The second-order valence-corrected chi connectivity index (χ2v) is 7.20. The molecule has 1 fully saturated rings. The molecule has 1 aliphatic heterocycles. The summed E-state index contributed by atoms with van der Waals surface area (Å²) >= 11 is 5.98. The van der Waals surface area contributed by atoms with E-state index in [0.29, 0.717) is 22.6 Å². The Balaban J connectivity index is 1.62. The highest BCUT2D eigenvalue weighted by Crippen LogP contribution is 2.26. The molecule has 27 heavy (non-hydrogen) atoms. The molecular weight excluding hydrogens is 364 g/mol. The Morgan fingerprint density at radius 3 is 2.81 bits per heavy atom. The lowest BCUT2D eigenvalue weighted by molar-refractivity contribution is 0.0963. The average Bonchev–Trinajstić information content (AvgIpc) is 3.34. The number of benzene rings is 1. The minimum Gasteiger partial charge on any atom is -0.376 e. The van der Waals surface area contributed by atoms with Gasteiger partial charge in [-0.2, -0.15) is 5.10 Å². The highest BCUT2D eigenvalue weighted by molar-refractivity contribution is 6.30. The van der Waals surface area contributed by atoms with Gasteiger partial charge in [0.25, 0.3) is 5.56 Å². The first-order valence-electron chi connectivity index (χ1n) is 8.94.